The average molecular weight is 347 g/mol. The number of ether oxygens (including phenoxy) is 1. The van der Waals surface area contributed by atoms with Gasteiger partial charge < -0.3 is 19.2 Å². The van der Waals surface area contributed by atoms with E-state index in [2.05, 4.69) is 0 Å². The summed E-state index contributed by atoms with van der Waals surface area (Å²) in [5.41, 5.74) is 0. The first kappa shape index (κ1) is 17.0. The Morgan fingerprint density at radius 2 is 1.96 bits per heavy atom. The molecule has 132 valence electrons. The summed E-state index contributed by atoms with van der Waals surface area (Å²) in [6, 6.07) is 7.71. The maximum Gasteiger partial charge on any atom is 0.326 e. The normalized spacial score (nSPS) is 14.8. The summed E-state index contributed by atoms with van der Waals surface area (Å²) in [5.74, 6) is -0.864. The second-order valence-electron chi connectivity index (χ2n) is 5.97. The minimum Gasteiger partial charge on any atom is -0.486 e. The number of carbonyl (C=O) groups excluding carboxylic acids is 1. The Hall–Kier alpha value is -2.83. The maximum absolute atomic E-state index is 12.9. The molecule has 1 aromatic carbocycles. The lowest BCUT2D eigenvalue weighted by Gasteiger charge is -2.25. The Kier molecular flexibility index (Phi) is 4.74. The van der Waals surface area contributed by atoms with Crippen molar-refractivity contribution in [3.8, 4) is 5.75 Å². The van der Waals surface area contributed by atoms with Crippen LogP contribution < -0.4 is 4.74 Å². The molecule has 1 aromatic heterocycles. The molecule has 1 amide bonds. The van der Waals surface area contributed by atoms with Crippen LogP contribution in [-0.2, 0) is 11.4 Å². The second-order valence-corrected chi connectivity index (χ2v) is 5.97. The van der Waals surface area contributed by atoms with Crippen molar-refractivity contribution in [1.29, 1.82) is 0 Å². The third kappa shape index (κ3) is 3.99. The van der Waals surface area contributed by atoms with Crippen LogP contribution in [0.2, 0.25) is 0 Å². The lowest BCUT2D eigenvalue weighted by molar-refractivity contribution is -0.141. The van der Waals surface area contributed by atoms with Gasteiger partial charge in [-0.2, -0.15) is 0 Å². The molecule has 0 radical (unpaired) electrons. The van der Waals surface area contributed by atoms with Crippen molar-refractivity contribution < 1.29 is 28.2 Å². The summed E-state index contributed by atoms with van der Waals surface area (Å²) in [7, 11) is 0. The van der Waals surface area contributed by atoms with E-state index in [4.69, 9.17) is 9.15 Å². The van der Waals surface area contributed by atoms with Crippen LogP contribution in [0.4, 0.5) is 4.39 Å². The number of carbonyl (C=O) groups is 2. The number of aliphatic carboxylic acids is 1. The van der Waals surface area contributed by atoms with Gasteiger partial charge >= 0.3 is 5.97 Å². The van der Waals surface area contributed by atoms with Crippen molar-refractivity contribution in [2.24, 2.45) is 0 Å². The van der Waals surface area contributed by atoms with Crippen LogP contribution >= 0.6 is 0 Å². The van der Waals surface area contributed by atoms with Crippen LogP contribution in [0, 0.1) is 5.82 Å². The zero-order chi connectivity index (χ0) is 18.0. The number of halogens is 1. The predicted molar refractivity (Wildman–Crippen MR) is 85.7 cm³/mol. The van der Waals surface area contributed by atoms with Crippen LogP contribution in [0.15, 0.2) is 40.8 Å². The highest BCUT2D eigenvalue weighted by Gasteiger charge is 2.39. The number of carboxylic acids is 1. The Labute approximate surface area is 143 Å². The van der Waals surface area contributed by atoms with Gasteiger partial charge in [0.05, 0.1) is 0 Å². The number of hydrogen-bond donors (Lipinski definition) is 1. The predicted octanol–water partition coefficient (Wildman–Crippen LogP) is 3.08. The zero-order valence-electron chi connectivity index (χ0n) is 13.6. The van der Waals surface area contributed by atoms with E-state index in [0.717, 1.165) is 12.8 Å². The van der Waals surface area contributed by atoms with Crippen LogP contribution in [0.5, 0.6) is 5.75 Å². The van der Waals surface area contributed by atoms with E-state index in [0.29, 0.717) is 11.5 Å². The summed E-state index contributed by atoms with van der Waals surface area (Å²) >= 11 is 0. The standard InChI is InChI=1S/C18H18FNO5/c1-11(18(22)23)20(13-4-5-13)17(21)16-9-8-15(25-16)10-24-14-6-2-12(19)3-7-14/h2-3,6-9,11,13H,4-5,10H2,1H3,(H,22,23). The van der Waals surface area contributed by atoms with Crippen molar-refractivity contribution in [2.45, 2.75) is 38.5 Å². The molecule has 25 heavy (non-hydrogen) atoms. The number of rotatable bonds is 7. The highest BCUT2D eigenvalue weighted by Crippen LogP contribution is 2.30. The Balaban J connectivity index is 1.66. The van der Waals surface area contributed by atoms with E-state index in [-0.39, 0.29) is 24.2 Å². The van der Waals surface area contributed by atoms with Gasteiger partial charge in [-0.15, -0.1) is 0 Å². The van der Waals surface area contributed by atoms with Crippen LogP contribution in [-0.4, -0.2) is 34.0 Å². The molecule has 0 bridgehead atoms. The number of hydrogen-bond acceptors (Lipinski definition) is 4. The fourth-order valence-corrected chi connectivity index (χ4v) is 2.51. The molecule has 1 fully saturated rings. The first-order chi connectivity index (χ1) is 12.0. The quantitative estimate of drug-likeness (QED) is 0.832. The molecule has 7 heteroatoms. The molecule has 1 unspecified atom stereocenters. The largest absolute Gasteiger partial charge is 0.486 e. The molecule has 1 aliphatic rings. The van der Waals surface area contributed by atoms with Crippen molar-refractivity contribution >= 4 is 11.9 Å². The number of nitrogens with zero attached hydrogens (tertiary/aromatic N) is 1. The average Bonchev–Trinajstić information content (AvgIpc) is 3.30. The molecule has 2 aromatic rings. The van der Waals surface area contributed by atoms with E-state index >= 15 is 0 Å². The zero-order valence-corrected chi connectivity index (χ0v) is 13.6. The molecular weight excluding hydrogens is 329 g/mol. The van der Waals surface area contributed by atoms with E-state index in [9.17, 15) is 19.1 Å². The number of amides is 1. The molecule has 0 aliphatic heterocycles. The van der Waals surface area contributed by atoms with Crippen LogP contribution in [0.1, 0.15) is 36.1 Å². The van der Waals surface area contributed by atoms with Gasteiger partial charge in [-0.1, -0.05) is 0 Å². The molecule has 6 nitrogen and oxygen atoms in total. The van der Waals surface area contributed by atoms with Crippen LogP contribution in [0.25, 0.3) is 0 Å². The van der Waals surface area contributed by atoms with Gasteiger partial charge in [0.1, 0.15) is 30.0 Å². The van der Waals surface area contributed by atoms with Gasteiger partial charge in [-0.25, -0.2) is 9.18 Å². The van der Waals surface area contributed by atoms with E-state index in [1.165, 1.54) is 42.2 Å². The fourth-order valence-electron chi connectivity index (χ4n) is 2.51. The summed E-state index contributed by atoms with van der Waals surface area (Å²) in [6.45, 7) is 1.57. The SMILES string of the molecule is CC(C(=O)O)N(C(=O)c1ccc(COc2ccc(F)cc2)o1)C1CC1. The summed E-state index contributed by atoms with van der Waals surface area (Å²) in [6.07, 6.45) is 1.59. The fraction of sp³-hybridized carbons (Fsp3) is 0.333. The maximum atomic E-state index is 12.9. The molecule has 0 spiro atoms. The van der Waals surface area contributed by atoms with Gasteiger partial charge in [-0.05, 0) is 56.2 Å². The summed E-state index contributed by atoms with van der Waals surface area (Å²) in [5, 5.41) is 9.19. The topological polar surface area (TPSA) is 80.0 Å². The van der Waals surface area contributed by atoms with E-state index in [1.807, 2.05) is 0 Å². The lowest BCUT2D eigenvalue weighted by atomic mass is 10.2. The van der Waals surface area contributed by atoms with Crippen molar-refractivity contribution in [3.05, 3.63) is 53.7 Å². The van der Waals surface area contributed by atoms with Gasteiger partial charge in [0.25, 0.3) is 5.91 Å². The molecule has 3 rings (SSSR count). The molecule has 1 saturated carbocycles. The molecule has 1 N–H and O–H groups in total. The second kappa shape index (κ2) is 6.96. The summed E-state index contributed by atoms with van der Waals surface area (Å²) < 4.78 is 23.8. The van der Waals surface area contributed by atoms with Crippen LogP contribution in [0.3, 0.4) is 0 Å². The molecule has 1 aliphatic carbocycles. The Morgan fingerprint density at radius 1 is 1.28 bits per heavy atom. The molecule has 1 atom stereocenters. The third-order valence-electron chi connectivity index (χ3n) is 4.02. The highest BCUT2D eigenvalue weighted by molar-refractivity contribution is 5.94. The van der Waals surface area contributed by atoms with Gasteiger partial charge in [-0.3, -0.25) is 4.79 Å². The first-order valence-electron chi connectivity index (χ1n) is 7.98. The summed E-state index contributed by atoms with van der Waals surface area (Å²) in [4.78, 5) is 25.2. The van der Waals surface area contributed by atoms with Crippen molar-refractivity contribution in [3.63, 3.8) is 0 Å². The third-order valence-corrected chi connectivity index (χ3v) is 4.02. The van der Waals surface area contributed by atoms with Gasteiger partial charge in [0.15, 0.2) is 5.76 Å². The van der Waals surface area contributed by atoms with E-state index in [1.54, 1.807) is 6.07 Å². The minimum atomic E-state index is -1.05. The minimum absolute atomic E-state index is 0.0531. The molecule has 1 heterocycles. The number of furan rings is 1. The first-order valence-corrected chi connectivity index (χ1v) is 7.98. The van der Waals surface area contributed by atoms with Crippen molar-refractivity contribution in [2.75, 3.05) is 0 Å². The number of carboxylic acid groups (broad SMARTS) is 1. The van der Waals surface area contributed by atoms with Gasteiger partial charge in [0.2, 0.25) is 0 Å². The Morgan fingerprint density at radius 3 is 2.56 bits per heavy atom. The monoisotopic (exact) mass is 347 g/mol. The highest BCUT2D eigenvalue weighted by atomic mass is 19.1. The molecule has 0 saturated heterocycles. The number of benzene rings is 1. The molecular formula is C18H18FNO5. The van der Waals surface area contributed by atoms with Gasteiger partial charge in [0, 0.05) is 6.04 Å². The smallest absolute Gasteiger partial charge is 0.326 e. The lowest BCUT2D eigenvalue weighted by Crippen LogP contribution is -2.44. The van der Waals surface area contributed by atoms with Crippen molar-refractivity contribution in [1.82, 2.24) is 4.90 Å². The van der Waals surface area contributed by atoms with E-state index < -0.39 is 17.9 Å². The Bertz CT molecular complexity index is 766.